The Balaban J connectivity index is 2.05. The van der Waals surface area contributed by atoms with Gasteiger partial charge in [-0.3, -0.25) is 0 Å². The molecule has 0 fully saturated rings. The minimum absolute atomic E-state index is 1.11. The van der Waals surface area contributed by atoms with E-state index in [2.05, 4.69) is 42.3 Å². The molecule has 1 rings (SSSR count). The van der Waals surface area contributed by atoms with Crippen LogP contribution in [-0.2, 0) is 19.5 Å². The number of rotatable bonds is 20. The van der Waals surface area contributed by atoms with Gasteiger partial charge in [0.15, 0.2) is 0 Å². The fourth-order valence-corrected chi connectivity index (χ4v) is 4.29. The standard InChI is InChI=1S/C26H51N2/c1-4-7-9-11-12-13-14-15-16-17-18-19-20-22-26-27(6-3)24-25-28(26)23-21-10-8-5-2/h24-25H,4-23H2,1-3H3/q+1. The molecule has 1 aromatic heterocycles. The van der Waals surface area contributed by atoms with E-state index in [1.165, 1.54) is 122 Å². The summed E-state index contributed by atoms with van der Waals surface area (Å²) in [6, 6.07) is 0. The van der Waals surface area contributed by atoms with Gasteiger partial charge in [0.05, 0.1) is 13.1 Å². The Morgan fingerprint density at radius 3 is 1.57 bits per heavy atom. The van der Waals surface area contributed by atoms with Crippen molar-refractivity contribution in [2.24, 2.45) is 0 Å². The van der Waals surface area contributed by atoms with Crippen molar-refractivity contribution in [3.05, 3.63) is 18.2 Å². The Kier molecular flexibility index (Phi) is 16.5. The average Bonchev–Trinajstić information content (AvgIpc) is 3.10. The highest BCUT2D eigenvalue weighted by Crippen LogP contribution is 2.13. The SMILES string of the molecule is CCCCCCCCCCCCCCCc1n(CCCCCC)cc[n+]1CC. The number of nitrogens with zero attached hydrogens (tertiary/aromatic N) is 2. The van der Waals surface area contributed by atoms with Crippen LogP contribution in [0.2, 0.25) is 0 Å². The van der Waals surface area contributed by atoms with E-state index in [9.17, 15) is 0 Å². The Bertz CT molecular complexity index is 449. The van der Waals surface area contributed by atoms with Gasteiger partial charge in [0.2, 0.25) is 0 Å². The summed E-state index contributed by atoms with van der Waals surface area (Å²) in [4.78, 5) is 0. The second kappa shape index (κ2) is 18.3. The molecule has 0 aromatic carbocycles. The van der Waals surface area contributed by atoms with Crippen LogP contribution in [0.1, 0.15) is 136 Å². The fourth-order valence-electron chi connectivity index (χ4n) is 4.29. The molecular weight excluding hydrogens is 340 g/mol. The Labute approximate surface area is 177 Å². The minimum Gasteiger partial charge on any atom is -0.235 e. The van der Waals surface area contributed by atoms with Crippen molar-refractivity contribution in [2.45, 2.75) is 149 Å². The highest BCUT2D eigenvalue weighted by Gasteiger charge is 2.15. The fraction of sp³-hybridized carbons (Fsp3) is 0.885. The zero-order valence-electron chi connectivity index (χ0n) is 19.7. The van der Waals surface area contributed by atoms with Crippen molar-refractivity contribution >= 4 is 0 Å². The molecule has 164 valence electrons. The molecule has 0 amide bonds. The van der Waals surface area contributed by atoms with Crippen molar-refractivity contribution in [3.8, 4) is 0 Å². The molecule has 0 spiro atoms. The van der Waals surface area contributed by atoms with Gasteiger partial charge in [0, 0.05) is 6.42 Å². The van der Waals surface area contributed by atoms with Crippen LogP contribution in [-0.4, -0.2) is 4.57 Å². The molecule has 0 atom stereocenters. The summed E-state index contributed by atoms with van der Waals surface area (Å²) in [6.45, 7) is 9.18. The van der Waals surface area contributed by atoms with Crippen molar-refractivity contribution in [1.82, 2.24) is 4.57 Å². The Hall–Kier alpha value is -0.790. The predicted octanol–water partition coefficient (Wildman–Crippen LogP) is 8.01. The van der Waals surface area contributed by atoms with Crippen LogP contribution in [0.15, 0.2) is 12.4 Å². The first-order valence-corrected chi connectivity index (χ1v) is 12.9. The van der Waals surface area contributed by atoms with E-state index in [-0.39, 0.29) is 0 Å². The lowest BCUT2D eigenvalue weighted by molar-refractivity contribution is -0.700. The van der Waals surface area contributed by atoms with Crippen molar-refractivity contribution < 1.29 is 4.57 Å². The molecule has 0 aliphatic rings. The molecule has 0 saturated carbocycles. The molecule has 0 bridgehead atoms. The summed E-state index contributed by atoms with van der Waals surface area (Å²) in [5.74, 6) is 1.56. The third-order valence-corrected chi connectivity index (χ3v) is 6.19. The molecule has 2 heteroatoms. The van der Waals surface area contributed by atoms with Gasteiger partial charge in [-0.2, -0.15) is 0 Å². The largest absolute Gasteiger partial charge is 0.256 e. The monoisotopic (exact) mass is 391 g/mol. The van der Waals surface area contributed by atoms with E-state index in [0.717, 1.165) is 6.54 Å². The second-order valence-electron chi connectivity index (χ2n) is 8.75. The van der Waals surface area contributed by atoms with E-state index in [1.54, 1.807) is 5.82 Å². The highest BCUT2D eigenvalue weighted by atomic mass is 15.1. The van der Waals surface area contributed by atoms with Crippen LogP contribution < -0.4 is 4.57 Å². The third-order valence-electron chi connectivity index (χ3n) is 6.19. The molecule has 0 saturated heterocycles. The van der Waals surface area contributed by atoms with Gasteiger partial charge in [-0.15, -0.1) is 0 Å². The summed E-state index contributed by atoms with van der Waals surface area (Å²) in [5, 5.41) is 0. The molecule has 0 aliphatic carbocycles. The minimum atomic E-state index is 1.11. The highest BCUT2D eigenvalue weighted by molar-refractivity contribution is 4.84. The van der Waals surface area contributed by atoms with Crippen LogP contribution in [0, 0.1) is 0 Å². The Morgan fingerprint density at radius 1 is 0.607 bits per heavy atom. The van der Waals surface area contributed by atoms with Gasteiger partial charge < -0.3 is 0 Å². The van der Waals surface area contributed by atoms with Crippen LogP contribution in [0.5, 0.6) is 0 Å². The number of unbranched alkanes of at least 4 members (excludes halogenated alkanes) is 15. The van der Waals surface area contributed by atoms with Gasteiger partial charge in [-0.25, -0.2) is 9.13 Å². The second-order valence-corrected chi connectivity index (χ2v) is 8.75. The molecule has 0 aliphatic heterocycles. The first-order valence-electron chi connectivity index (χ1n) is 12.9. The molecule has 1 aromatic rings. The van der Waals surface area contributed by atoms with E-state index in [1.807, 2.05) is 0 Å². The number of hydrogen-bond acceptors (Lipinski definition) is 0. The van der Waals surface area contributed by atoms with Gasteiger partial charge in [-0.05, 0) is 26.2 Å². The molecule has 2 nitrogen and oxygen atoms in total. The van der Waals surface area contributed by atoms with E-state index < -0.39 is 0 Å². The van der Waals surface area contributed by atoms with E-state index in [0.29, 0.717) is 0 Å². The lowest BCUT2D eigenvalue weighted by Crippen LogP contribution is -2.36. The topological polar surface area (TPSA) is 8.81 Å². The predicted molar refractivity (Wildman–Crippen MR) is 124 cm³/mol. The molecule has 0 unspecified atom stereocenters. The lowest BCUT2D eigenvalue weighted by atomic mass is 10.0. The number of aryl methyl sites for hydroxylation is 2. The smallest absolute Gasteiger partial charge is 0.235 e. The molecule has 28 heavy (non-hydrogen) atoms. The summed E-state index contributed by atoms with van der Waals surface area (Å²) in [7, 11) is 0. The van der Waals surface area contributed by atoms with Crippen molar-refractivity contribution in [3.63, 3.8) is 0 Å². The lowest BCUT2D eigenvalue weighted by Gasteiger charge is -2.05. The maximum absolute atomic E-state index is 2.53. The van der Waals surface area contributed by atoms with Crippen LogP contribution in [0.25, 0.3) is 0 Å². The Morgan fingerprint density at radius 2 is 1.07 bits per heavy atom. The quantitative estimate of drug-likeness (QED) is 0.157. The van der Waals surface area contributed by atoms with Gasteiger partial charge in [0.1, 0.15) is 12.4 Å². The van der Waals surface area contributed by atoms with Crippen LogP contribution in [0.3, 0.4) is 0 Å². The van der Waals surface area contributed by atoms with Gasteiger partial charge in [0.25, 0.3) is 5.82 Å². The normalized spacial score (nSPS) is 11.4. The van der Waals surface area contributed by atoms with Crippen molar-refractivity contribution in [1.29, 1.82) is 0 Å². The third kappa shape index (κ3) is 11.9. The summed E-state index contributed by atoms with van der Waals surface area (Å²) in [6.07, 6.45) is 29.9. The summed E-state index contributed by atoms with van der Waals surface area (Å²) >= 11 is 0. The summed E-state index contributed by atoms with van der Waals surface area (Å²) < 4.78 is 4.99. The number of hydrogen-bond donors (Lipinski definition) is 0. The average molecular weight is 392 g/mol. The first kappa shape index (κ1) is 25.2. The maximum Gasteiger partial charge on any atom is 0.256 e. The maximum atomic E-state index is 2.53. The zero-order valence-corrected chi connectivity index (χ0v) is 19.7. The molecule has 0 N–H and O–H groups in total. The van der Waals surface area contributed by atoms with Gasteiger partial charge >= 0.3 is 0 Å². The summed E-state index contributed by atoms with van der Waals surface area (Å²) in [5.41, 5.74) is 0. The van der Waals surface area contributed by atoms with Gasteiger partial charge in [-0.1, -0.05) is 104 Å². The molecule has 0 radical (unpaired) electrons. The first-order chi connectivity index (χ1) is 13.8. The molecular formula is C26H51N2+. The zero-order chi connectivity index (χ0) is 20.3. The van der Waals surface area contributed by atoms with E-state index >= 15 is 0 Å². The number of imidazole rings is 1. The number of aromatic nitrogens is 2. The van der Waals surface area contributed by atoms with Crippen LogP contribution >= 0.6 is 0 Å². The van der Waals surface area contributed by atoms with Crippen LogP contribution in [0.4, 0.5) is 0 Å². The van der Waals surface area contributed by atoms with Crippen molar-refractivity contribution in [2.75, 3.05) is 0 Å². The molecule has 1 heterocycles. The van der Waals surface area contributed by atoms with E-state index in [4.69, 9.17) is 0 Å².